The molecule has 5 aromatic rings. The summed E-state index contributed by atoms with van der Waals surface area (Å²) in [5.41, 5.74) is -1.17. The molecule has 0 unspecified atom stereocenters. The van der Waals surface area contributed by atoms with Crippen LogP contribution in [-0.2, 0) is 12.7 Å². The van der Waals surface area contributed by atoms with Gasteiger partial charge in [0.05, 0.1) is 28.4 Å². The SMILES string of the molecule is Fc1cc(F)c(Cn2nc3c(C(F)(F)F)cccc3c2-c2cccc(C#Cc3cccc(Cl)c3F)c2)c(F)c1. The first-order valence-corrected chi connectivity index (χ1v) is 11.7. The summed E-state index contributed by atoms with van der Waals surface area (Å²) in [4.78, 5) is 0. The fraction of sp³-hybridized carbons (Fsp3) is 0.0690. The molecule has 0 bridgehead atoms. The first-order valence-electron chi connectivity index (χ1n) is 11.3. The van der Waals surface area contributed by atoms with Crippen LogP contribution in [0.3, 0.4) is 0 Å². The predicted molar refractivity (Wildman–Crippen MR) is 133 cm³/mol. The fourth-order valence-electron chi connectivity index (χ4n) is 4.16. The van der Waals surface area contributed by atoms with Crippen molar-refractivity contribution >= 4 is 22.5 Å². The minimum Gasteiger partial charge on any atom is -0.259 e. The van der Waals surface area contributed by atoms with E-state index in [0.29, 0.717) is 23.3 Å². The number of halogens is 8. The summed E-state index contributed by atoms with van der Waals surface area (Å²) < 4.78 is 99.0. The number of hydrogen-bond donors (Lipinski definition) is 0. The number of benzene rings is 4. The van der Waals surface area contributed by atoms with Crippen molar-refractivity contribution in [2.75, 3.05) is 0 Å². The third-order valence-electron chi connectivity index (χ3n) is 5.92. The Kier molecular flexibility index (Phi) is 6.83. The van der Waals surface area contributed by atoms with E-state index >= 15 is 0 Å². The zero-order valence-electron chi connectivity index (χ0n) is 19.6. The maximum atomic E-state index is 14.5. The Balaban J connectivity index is 1.69. The molecule has 4 aromatic carbocycles. The van der Waals surface area contributed by atoms with Crippen LogP contribution in [0.1, 0.15) is 22.3 Å². The third kappa shape index (κ3) is 5.20. The minimum absolute atomic E-state index is 0.0421. The molecular formula is C29H14ClF7N2. The van der Waals surface area contributed by atoms with Gasteiger partial charge in [0.2, 0.25) is 0 Å². The molecule has 1 heterocycles. The quantitative estimate of drug-likeness (QED) is 0.161. The number of aromatic nitrogens is 2. The van der Waals surface area contributed by atoms with E-state index in [9.17, 15) is 30.7 Å². The van der Waals surface area contributed by atoms with Gasteiger partial charge in [0.15, 0.2) is 5.82 Å². The molecular weight excluding hydrogens is 545 g/mol. The number of fused-ring (bicyclic) bond motifs is 1. The van der Waals surface area contributed by atoms with Gasteiger partial charge < -0.3 is 0 Å². The normalized spacial score (nSPS) is 11.5. The molecule has 0 saturated carbocycles. The Bertz CT molecular complexity index is 1770. The van der Waals surface area contributed by atoms with E-state index in [4.69, 9.17) is 11.6 Å². The molecule has 0 amide bonds. The summed E-state index contributed by atoms with van der Waals surface area (Å²) in [6, 6.07) is 15.0. The fourth-order valence-corrected chi connectivity index (χ4v) is 4.33. The summed E-state index contributed by atoms with van der Waals surface area (Å²) in [7, 11) is 0. The Labute approximate surface area is 222 Å². The molecule has 0 aliphatic carbocycles. The average Bonchev–Trinajstić information content (AvgIpc) is 3.24. The molecule has 0 radical (unpaired) electrons. The number of alkyl halides is 3. The van der Waals surface area contributed by atoms with Gasteiger partial charge >= 0.3 is 6.18 Å². The molecule has 0 spiro atoms. The maximum Gasteiger partial charge on any atom is 0.418 e. The Hall–Kier alpha value is -4.29. The van der Waals surface area contributed by atoms with E-state index in [-0.39, 0.29) is 21.7 Å². The van der Waals surface area contributed by atoms with Crippen molar-refractivity contribution in [3.8, 4) is 23.1 Å². The molecule has 196 valence electrons. The largest absolute Gasteiger partial charge is 0.418 e. The van der Waals surface area contributed by atoms with Gasteiger partial charge in [0.25, 0.3) is 0 Å². The van der Waals surface area contributed by atoms with Crippen molar-refractivity contribution in [3.05, 3.63) is 123 Å². The first-order chi connectivity index (χ1) is 18.5. The minimum atomic E-state index is -4.75. The highest BCUT2D eigenvalue weighted by Gasteiger charge is 2.34. The number of rotatable bonds is 3. The average molecular weight is 559 g/mol. The second-order valence-electron chi connectivity index (χ2n) is 8.49. The van der Waals surface area contributed by atoms with Gasteiger partial charge in [-0.1, -0.05) is 53.8 Å². The van der Waals surface area contributed by atoms with Crippen LogP contribution in [0.5, 0.6) is 0 Å². The lowest BCUT2D eigenvalue weighted by molar-refractivity contribution is -0.136. The van der Waals surface area contributed by atoms with Crippen LogP contribution in [0, 0.1) is 35.1 Å². The summed E-state index contributed by atoms with van der Waals surface area (Å²) in [6.45, 7) is -0.622. The van der Waals surface area contributed by atoms with Crippen LogP contribution >= 0.6 is 11.6 Å². The molecule has 0 atom stereocenters. The standard InChI is InChI=1S/C29H14ClF7N2/c30-23-9-2-5-17(26(23)34)11-10-16-4-1-6-18(12-16)28-20-7-3-8-22(29(35,36)37)27(20)38-39(28)15-21-24(32)13-19(31)14-25(21)33/h1-9,12-14H,15H2. The van der Waals surface area contributed by atoms with Crippen molar-refractivity contribution < 1.29 is 30.7 Å². The highest BCUT2D eigenvalue weighted by Crippen LogP contribution is 2.38. The van der Waals surface area contributed by atoms with E-state index in [1.807, 2.05) is 0 Å². The molecule has 1 aromatic heterocycles. The van der Waals surface area contributed by atoms with Crippen molar-refractivity contribution in [2.45, 2.75) is 12.7 Å². The van der Waals surface area contributed by atoms with E-state index in [1.54, 1.807) is 18.2 Å². The Morgan fingerprint density at radius 2 is 1.51 bits per heavy atom. The van der Waals surface area contributed by atoms with Gasteiger partial charge in [0, 0.05) is 34.2 Å². The number of nitrogens with zero attached hydrogens (tertiary/aromatic N) is 2. The van der Waals surface area contributed by atoms with Gasteiger partial charge in [0.1, 0.15) is 23.0 Å². The first kappa shape index (κ1) is 26.3. The smallest absolute Gasteiger partial charge is 0.259 e. The van der Waals surface area contributed by atoms with Gasteiger partial charge in [-0.05, 0) is 30.3 Å². The van der Waals surface area contributed by atoms with Crippen LogP contribution in [0.4, 0.5) is 30.7 Å². The predicted octanol–water partition coefficient (Wildman–Crippen LogP) is 8.38. The van der Waals surface area contributed by atoms with Crippen LogP contribution in [-0.4, -0.2) is 9.78 Å². The summed E-state index contributed by atoms with van der Waals surface area (Å²) in [5, 5.41) is 4.03. The van der Waals surface area contributed by atoms with E-state index in [1.165, 1.54) is 36.4 Å². The van der Waals surface area contributed by atoms with Gasteiger partial charge in [-0.2, -0.15) is 18.3 Å². The molecule has 0 saturated heterocycles. The molecule has 0 aliphatic rings. The lowest BCUT2D eigenvalue weighted by Gasteiger charge is -2.11. The summed E-state index contributed by atoms with van der Waals surface area (Å²) in [6.07, 6.45) is -4.75. The molecule has 10 heteroatoms. The van der Waals surface area contributed by atoms with Crippen molar-refractivity contribution in [1.82, 2.24) is 9.78 Å². The van der Waals surface area contributed by atoms with E-state index in [0.717, 1.165) is 10.7 Å². The van der Waals surface area contributed by atoms with Gasteiger partial charge in [-0.3, -0.25) is 4.68 Å². The summed E-state index contributed by atoms with van der Waals surface area (Å²) in [5.74, 6) is 1.20. The zero-order valence-corrected chi connectivity index (χ0v) is 20.3. The van der Waals surface area contributed by atoms with Crippen molar-refractivity contribution in [2.24, 2.45) is 0 Å². The second-order valence-corrected chi connectivity index (χ2v) is 8.89. The van der Waals surface area contributed by atoms with Crippen LogP contribution in [0.25, 0.3) is 22.2 Å². The molecule has 0 N–H and O–H groups in total. The lowest BCUT2D eigenvalue weighted by atomic mass is 10.0. The van der Waals surface area contributed by atoms with Gasteiger partial charge in [-0.25, -0.2) is 17.6 Å². The highest BCUT2D eigenvalue weighted by atomic mass is 35.5. The van der Waals surface area contributed by atoms with E-state index < -0.39 is 52.6 Å². The van der Waals surface area contributed by atoms with E-state index in [2.05, 4.69) is 16.9 Å². The zero-order chi connectivity index (χ0) is 27.9. The second kappa shape index (κ2) is 10.1. The highest BCUT2D eigenvalue weighted by molar-refractivity contribution is 6.30. The summed E-state index contributed by atoms with van der Waals surface area (Å²) >= 11 is 5.80. The Morgan fingerprint density at radius 3 is 2.23 bits per heavy atom. The Morgan fingerprint density at radius 1 is 0.821 bits per heavy atom. The molecule has 2 nitrogen and oxygen atoms in total. The van der Waals surface area contributed by atoms with Crippen LogP contribution < -0.4 is 0 Å². The van der Waals surface area contributed by atoms with Gasteiger partial charge in [-0.15, -0.1) is 0 Å². The topological polar surface area (TPSA) is 17.8 Å². The number of hydrogen-bond acceptors (Lipinski definition) is 1. The van der Waals surface area contributed by atoms with Crippen LogP contribution in [0.2, 0.25) is 5.02 Å². The molecule has 0 aliphatic heterocycles. The molecule has 0 fully saturated rings. The third-order valence-corrected chi connectivity index (χ3v) is 6.21. The van der Waals surface area contributed by atoms with Crippen LogP contribution in [0.15, 0.2) is 72.8 Å². The van der Waals surface area contributed by atoms with Crippen molar-refractivity contribution in [3.63, 3.8) is 0 Å². The van der Waals surface area contributed by atoms with Crippen molar-refractivity contribution in [1.29, 1.82) is 0 Å². The monoisotopic (exact) mass is 558 g/mol. The molecule has 39 heavy (non-hydrogen) atoms. The lowest BCUT2D eigenvalue weighted by Crippen LogP contribution is -2.09. The molecule has 5 rings (SSSR count). The maximum absolute atomic E-state index is 14.5.